The molecule has 26 heavy (non-hydrogen) atoms. The first-order valence-corrected chi connectivity index (χ1v) is 9.34. The van der Waals surface area contributed by atoms with Crippen LogP contribution in [0.1, 0.15) is 11.1 Å². The van der Waals surface area contributed by atoms with E-state index in [9.17, 15) is 0 Å². The van der Waals surface area contributed by atoms with E-state index >= 15 is 0 Å². The number of aryl methyl sites for hydroxylation is 2. The van der Waals surface area contributed by atoms with E-state index in [0.29, 0.717) is 5.78 Å². The average Bonchev–Trinajstić information content (AvgIpc) is 3.19. The highest BCUT2D eigenvalue weighted by molar-refractivity contribution is 7.98. The van der Waals surface area contributed by atoms with Crippen LogP contribution in [0.15, 0.2) is 53.7 Å². The van der Waals surface area contributed by atoms with Crippen molar-refractivity contribution in [1.29, 1.82) is 0 Å². The molecule has 0 spiro atoms. The second-order valence-electron chi connectivity index (χ2n) is 6.33. The molecule has 3 heterocycles. The van der Waals surface area contributed by atoms with Gasteiger partial charge in [0.2, 0.25) is 5.16 Å². The van der Waals surface area contributed by atoms with E-state index in [1.807, 2.05) is 23.7 Å². The molecular weight excluding hydrogens is 344 g/mol. The normalized spacial score (nSPS) is 11.8. The maximum atomic E-state index is 4.80. The van der Waals surface area contributed by atoms with E-state index in [1.54, 1.807) is 16.3 Å². The molecule has 0 fully saturated rings. The largest absolute Gasteiger partial charge is 0.327 e. The van der Waals surface area contributed by atoms with Crippen molar-refractivity contribution in [2.45, 2.75) is 17.8 Å². The molecule has 0 radical (unpaired) electrons. The van der Waals surface area contributed by atoms with Crippen LogP contribution in [0.2, 0.25) is 0 Å². The lowest BCUT2D eigenvalue weighted by Crippen LogP contribution is -1.99. The van der Waals surface area contributed by atoms with Crippen molar-refractivity contribution in [2.24, 2.45) is 7.05 Å². The minimum absolute atomic E-state index is 0.523. The summed E-state index contributed by atoms with van der Waals surface area (Å²) in [5, 5.41) is 15.1. The third kappa shape index (κ3) is 2.35. The van der Waals surface area contributed by atoms with Gasteiger partial charge in [-0.2, -0.15) is 14.6 Å². The molecular formula is C19H16N6S. The third-order valence-electron chi connectivity index (χ3n) is 4.54. The number of benzene rings is 2. The van der Waals surface area contributed by atoms with E-state index in [4.69, 9.17) is 5.10 Å². The number of hydrogen-bond acceptors (Lipinski definition) is 5. The van der Waals surface area contributed by atoms with Gasteiger partial charge in [0.25, 0.3) is 5.78 Å². The molecule has 2 aromatic carbocycles. The Hall–Kier alpha value is -2.93. The molecule has 0 saturated heterocycles. The van der Waals surface area contributed by atoms with E-state index in [0.717, 1.165) is 33.0 Å². The number of thioether (sulfide) groups is 1. The molecule has 5 rings (SSSR count). The molecule has 0 saturated carbocycles. The molecule has 7 heteroatoms. The predicted octanol–water partition coefficient (Wildman–Crippen LogP) is 3.76. The summed E-state index contributed by atoms with van der Waals surface area (Å²) in [5.74, 6) is 1.34. The lowest BCUT2D eigenvalue weighted by atomic mass is 10.2. The molecule has 0 amide bonds. The van der Waals surface area contributed by atoms with Gasteiger partial charge in [-0.05, 0) is 18.6 Å². The van der Waals surface area contributed by atoms with Crippen molar-refractivity contribution in [3.63, 3.8) is 0 Å². The summed E-state index contributed by atoms with van der Waals surface area (Å²) in [5.41, 5.74) is 5.30. The van der Waals surface area contributed by atoms with E-state index in [1.165, 1.54) is 11.1 Å². The second-order valence-corrected chi connectivity index (χ2v) is 7.27. The van der Waals surface area contributed by atoms with Crippen LogP contribution in [-0.4, -0.2) is 29.4 Å². The Balaban J connectivity index is 1.59. The van der Waals surface area contributed by atoms with Crippen LogP contribution in [0.3, 0.4) is 0 Å². The zero-order valence-corrected chi connectivity index (χ0v) is 15.2. The summed E-state index contributed by atoms with van der Waals surface area (Å²) >= 11 is 1.62. The van der Waals surface area contributed by atoms with Gasteiger partial charge in [0, 0.05) is 18.2 Å². The Bertz CT molecular complexity index is 1250. The summed E-state index contributed by atoms with van der Waals surface area (Å²) < 4.78 is 3.79. The van der Waals surface area contributed by atoms with Gasteiger partial charge in [0.1, 0.15) is 5.52 Å². The summed E-state index contributed by atoms with van der Waals surface area (Å²) in [7, 11) is 2.00. The molecule has 6 nitrogen and oxygen atoms in total. The number of hydrogen-bond donors (Lipinski definition) is 0. The van der Waals surface area contributed by atoms with Gasteiger partial charge in [-0.1, -0.05) is 59.8 Å². The molecule has 0 aliphatic heterocycles. The fraction of sp³-hybridized carbons (Fsp3) is 0.158. The van der Waals surface area contributed by atoms with Crippen LogP contribution in [0, 0.1) is 6.92 Å². The van der Waals surface area contributed by atoms with Gasteiger partial charge in [-0.15, -0.1) is 10.2 Å². The van der Waals surface area contributed by atoms with Crippen molar-refractivity contribution >= 4 is 39.6 Å². The monoisotopic (exact) mass is 360 g/mol. The molecule has 0 N–H and O–H groups in total. The molecule has 0 aliphatic carbocycles. The molecule has 128 valence electrons. The molecule has 0 unspecified atom stereocenters. The zero-order chi connectivity index (χ0) is 17.7. The van der Waals surface area contributed by atoms with Crippen molar-refractivity contribution in [3.8, 4) is 0 Å². The smallest absolute Gasteiger partial charge is 0.274 e. The van der Waals surface area contributed by atoms with Crippen molar-refractivity contribution in [2.75, 3.05) is 0 Å². The third-order valence-corrected chi connectivity index (χ3v) is 5.53. The first kappa shape index (κ1) is 15.3. The maximum absolute atomic E-state index is 4.80. The van der Waals surface area contributed by atoms with E-state index in [2.05, 4.69) is 58.5 Å². The standard InChI is InChI=1S/C19H16N6S/c1-12-7-9-13(10-8-12)11-26-19-22-21-18-20-17-16(23-25(18)19)14-5-3-4-6-15(14)24(17)2/h3-10H,11H2,1-2H3. The van der Waals surface area contributed by atoms with Gasteiger partial charge in [-0.3, -0.25) is 0 Å². The Morgan fingerprint density at radius 1 is 1.00 bits per heavy atom. The van der Waals surface area contributed by atoms with Crippen LogP contribution in [0.25, 0.3) is 27.8 Å². The lowest BCUT2D eigenvalue weighted by molar-refractivity contribution is 0.815. The number of nitrogens with zero attached hydrogens (tertiary/aromatic N) is 6. The van der Waals surface area contributed by atoms with Gasteiger partial charge >= 0.3 is 0 Å². The minimum Gasteiger partial charge on any atom is -0.327 e. The molecule has 0 bridgehead atoms. The Labute approximate surface area is 153 Å². The van der Waals surface area contributed by atoms with Crippen molar-refractivity contribution in [1.82, 2.24) is 29.4 Å². The molecule has 5 aromatic rings. The Morgan fingerprint density at radius 2 is 1.81 bits per heavy atom. The van der Waals surface area contributed by atoms with E-state index < -0.39 is 0 Å². The van der Waals surface area contributed by atoms with Crippen LogP contribution in [0.5, 0.6) is 0 Å². The fourth-order valence-electron chi connectivity index (χ4n) is 3.12. The maximum Gasteiger partial charge on any atom is 0.274 e. The minimum atomic E-state index is 0.523. The quantitative estimate of drug-likeness (QED) is 0.458. The van der Waals surface area contributed by atoms with Gasteiger partial charge in [0.15, 0.2) is 5.65 Å². The van der Waals surface area contributed by atoms with Gasteiger partial charge in [0.05, 0.1) is 5.52 Å². The highest BCUT2D eigenvalue weighted by Crippen LogP contribution is 2.27. The predicted molar refractivity (Wildman–Crippen MR) is 103 cm³/mol. The Kier molecular flexibility index (Phi) is 3.43. The van der Waals surface area contributed by atoms with Crippen LogP contribution >= 0.6 is 11.8 Å². The Morgan fingerprint density at radius 3 is 2.65 bits per heavy atom. The number of fused-ring (bicyclic) bond motifs is 4. The number of aromatic nitrogens is 6. The van der Waals surface area contributed by atoms with Crippen LogP contribution < -0.4 is 0 Å². The fourth-order valence-corrected chi connectivity index (χ4v) is 3.95. The number of para-hydroxylation sites is 1. The van der Waals surface area contributed by atoms with Crippen LogP contribution in [-0.2, 0) is 12.8 Å². The van der Waals surface area contributed by atoms with Gasteiger partial charge in [-0.25, -0.2) is 0 Å². The lowest BCUT2D eigenvalue weighted by Gasteiger charge is -2.01. The first-order valence-electron chi connectivity index (χ1n) is 8.35. The molecule has 0 aliphatic rings. The SMILES string of the molecule is Cc1ccc(CSc2nnc3nc4c(nn23)c2ccccc2n4C)cc1. The number of rotatable bonds is 3. The molecule has 0 atom stereocenters. The summed E-state index contributed by atoms with van der Waals surface area (Å²) in [6, 6.07) is 16.7. The van der Waals surface area contributed by atoms with Crippen LogP contribution in [0.4, 0.5) is 0 Å². The van der Waals surface area contributed by atoms with Gasteiger partial charge < -0.3 is 4.57 Å². The summed E-state index contributed by atoms with van der Waals surface area (Å²) in [4.78, 5) is 4.68. The summed E-state index contributed by atoms with van der Waals surface area (Å²) in [6.07, 6.45) is 0. The topological polar surface area (TPSA) is 60.9 Å². The van der Waals surface area contributed by atoms with Crippen molar-refractivity contribution in [3.05, 3.63) is 59.7 Å². The van der Waals surface area contributed by atoms with Crippen molar-refractivity contribution < 1.29 is 0 Å². The zero-order valence-electron chi connectivity index (χ0n) is 14.4. The molecule has 3 aromatic heterocycles. The average molecular weight is 360 g/mol. The summed E-state index contributed by atoms with van der Waals surface area (Å²) in [6.45, 7) is 2.09. The first-order chi connectivity index (χ1) is 12.7. The highest BCUT2D eigenvalue weighted by Gasteiger charge is 2.15. The van der Waals surface area contributed by atoms with E-state index in [-0.39, 0.29) is 0 Å². The second kappa shape index (κ2) is 5.81. The highest BCUT2D eigenvalue weighted by atomic mass is 32.2.